The van der Waals surface area contributed by atoms with Crippen molar-refractivity contribution >= 4 is 16.1 Å². The van der Waals surface area contributed by atoms with Crippen LogP contribution in [-0.4, -0.2) is 46.1 Å². The molecule has 1 fully saturated rings. The Bertz CT molecular complexity index is 1340. The van der Waals surface area contributed by atoms with E-state index in [-0.39, 0.29) is 37.4 Å². The minimum atomic E-state index is -3.89. The third kappa shape index (κ3) is 5.86. The van der Waals surface area contributed by atoms with Crippen molar-refractivity contribution in [3.05, 3.63) is 89.7 Å². The predicted octanol–water partition coefficient (Wildman–Crippen LogP) is 4.45. The highest BCUT2D eigenvalue weighted by Crippen LogP contribution is 2.38. The summed E-state index contributed by atoms with van der Waals surface area (Å²) in [4.78, 5) is 12.8. The Balaban J connectivity index is 1.49. The molecule has 196 valence electrons. The minimum absolute atomic E-state index is 0.104. The normalized spacial score (nSPS) is 15.5. The summed E-state index contributed by atoms with van der Waals surface area (Å²) in [5.74, 6) is 0.574. The standard InChI is InChI=1S/C27H29FN2O6S/c1-34-23-12-11-20(25(18-23)35-2)19-29-26(31)36-27(21-7-4-3-5-8-21)13-15-30(16-14-27)37(32,33)24-10-6-9-22(28)17-24/h3-12,17-18H,13-16,19H2,1-2H3,(H,29,31). The molecule has 1 N–H and O–H groups in total. The first-order valence-corrected chi connectivity index (χ1v) is 13.2. The Morgan fingerprint density at radius 1 is 0.973 bits per heavy atom. The number of carbonyl (C=O) groups excluding carboxylic acids is 1. The Morgan fingerprint density at radius 2 is 1.70 bits per heavy atom. The van der Waals surface area contributed by atoms with Crippen LogP contribution in [0.3, 0.4) is 0 Å². The molecule has 0 aliphatic carbocycles. The molecular weight excluding hydrogens is 499 g/mol. The van der Waals surface area contributed by atoms with Crippen LogP contribution in [0.2, 0.25) is 0 Å². The van der Waals surface area contributed by atoms with Crippen LogP contribution in [0.15, 0.2) is 77.7 Å². The maximum absolute atomic E-state index is 13.7. The van der Waals surface area contributed by atoms with Gasteiger partial charge in [-0.2, -0.15) is 4.31 Å². The monoisotopic (exact) mass is 528 g/mol. The van der Waals surface area contributed by atoms with E-state index in [1.807, 2.05) is 30.3 Å². The molecule has 8 nitrogen and oxygen atoms in total. The number of hydrogen-bond acceptors (Lipinski definition) is 6. The van der Waals surface area contributed by atoms with Crippen molar-refractivity contribution in [2.45, 2.75) is 29.9 Å². The Labute approximate surface area is 216 Å². The van der Waals surface area contributed by atoms with E-state index in [4.69, 9.17) is 14.2 Å². The first-order chi connectivity index (χ1) is 17.8. The van der Waals surface area contributed by atoms with E-state index >= 15 is 0 Å². The van der Waals surface area contributed by atoms with Gasteiger partial charge in [0.15, 0.2) is 0 Å². The quantitative estimate of drug-likeness (QED) is 0.464. The van der Waals surface area contributed by atoms with Gasteiger partial charge in [-0.15, -0.1) is 0 Å². The van der Waals surface area contributed by atoms with Crippen LogP contribution >= 0.6 is 0 Å². The van der Waals surface area contributed by atoms with Gasteiger partial charge in [-0.1, -0.05) is 36.4 Å². The number of benzene rings is 3. The molecular formula is C27H29FN2O6S. The molecule has 0 saturated carbocycles. The smallest absolute Gasteiger partial charge is 0.408 e. The zero-order chi connectivity index (χ0) is 26.5. The van der Waals surface area contributed by atoms with Crippen molar-refractivity contribution in [1.29, 1.82) is 0 Å². The highest BCUT2D eigenvalue weighted by Gasteiger charge is 2.43. The Kier molecular flexibility index (Phi) is 7.99. The minimum Gasteiger partial charge on any atom is -0.497 e. The molecule has 0 aromatic heterocycles. The van der Waals surface area contributed by atoms with Crippen LogP contribution in [0.25, 0.3) is 0 Å². The molecule has 37 heavy (non-hydrogen) atoms. The van der Waals surface area contributed by atoms with Crippen LogP contribution in [0.1, 0.15) is 24.0 Å². The van der Waals surface area contributed by atoms with Gasteiger partial charge < -0.3 is 19.5 Å². The lowest BCUT2D eigenvalue weighted by Gasteiger charge is -2.41. The molecule has 1 aliphatic heterocycles. The summed E-state index contributed by atoms with van der Waals surface area (Å²) >= 11 is 0. The summed E-state index contributed by atoms with van der Waals surface area (Å²) in [6, 6.07) is 19.5. The van der Waals surface area contributed by atoms with Crippen molar-refractivity contribution < 1.29 is 31.8 Å². The van der Waals surface area contributed by atoms with Gasteiger partial charge in [-0.25, -0.2) is 17.6 Å². The molecule has 3 aromatic rings. The number of rotatable bonds is 8. The van der Waals surface area contributed by atoms with E-state index in [9.17, 15) is 17.6 Å². The lowest BCUT2D eigenvalue weighted by Crippen LogP contribution is -2.48. The van der Waals surface area contributed by atoms with Gasteiger partial charge in [-0.05, 0) is 35.9 Å². The van der Waals surface area contributed by atoms with E-state index in [0.717, 1.165) is 17.2 Å². The number of piperidine rings is 1. The Hall–Kier alpha value is -3.63. The maximum Gasteiger partial charge on any atom is 0.408 e. The van der Waals surface area contributed by atoms with E-state index in [1.165, 1.54) is 29.6 Å². The number of sulfonamides is 1. The number of methoxy groups -OCH3 is 2. The zero-order valence-corrected chi connectivity index (χ0v) is 21.5. The molecule has 0 unspecified atom stereocenters. The van der Waals surface area contributed by atoms with Gasteiger partial charge in [0.2, 0.25) is 10.0 Å². The highest BCUT2D eigenvalue weighted by molar-refractivity contribution is 7.89. The van der Waals surface area contributed by atoms with E-state index in [2.05, 4.69) is 5.32 Å². The maximum atomic E-state index is 13.7. The first kappa shape index (κ1) is 26.4. The molecule has 1 aliphatic rings. The highest BCUT2D eigenvalue weighted by atomic mass is 32.2. The van der Waals surface area contributed by atoms with Crippen LogP contribution in [0.5, 0.6) is 11.5 Å². The summed E-state index contributed by atoms with van der Waals surface area (Å²) in [6.07, 6.45) is -0.154. The average molecular weight is 529 g/mol. The van der Waals surface area contributed by atoms with Crippen LogP contribution in [-0.2, 0) is 26.9 Å². The number of amides is 1. The molecule has 1 amide bonds. The van der Waals surface area contributed by atoms with Gasteiger partial charge >= 0.3 is 6.09 Å². The largest absolute Gasteiger partial charge is 0.497 e. The zero-order valence-electron chi connectivity index (χ0n) is 20.6. The third-order valence-corrected chi connectivity index (χ3v) is 8.36. The third-order valence-electron chi connectivity index (χ3n) is 6.47. The summed E-state index contributed by atoms with van der Waals surface area (Å²) < 4.78 is 57.7. The number of ether oxygens (including phenoxy) is 3. The molecule has 0 radical (unpaired) electrons. The molecule has 3 aromatic carbocycles. The van der Waals surface area contributed by atoms with Crippen molar-refractivity contribution in [3.63, 3.8) is 0 Å². The second-order valence-corrected chi connectivity index (χ2v) is 10.6. The van der Waals surface area contributed by atoms with E-state index < -0.39 is 27.5 Å². The number of nitrogens with zero attached hydrogens (tertiary/aromatic N) is 1. The molecule has 10 heteroatoms. The molecule has 0 bridgehead atoms. The van der Waals surface area contributed by atoms with Crippen molar-refractivity contribution in [1.82, 2.24) is 9.62 Å². The SMILES string of the molecule is COc1ccc(CNC(=O)OC2(c3ccccc3)CCN(S(=O)(=O)c3cccc(F)c3)CC2)c(OC)c1. The van der Waals surface area contributed by atoms with Crippen molar-refractivity contribution in [3.8, 4) is 11.5 Å². The summed E-state index contributed by atoms with van der Waals surface area (Å²) in [5.41, 5.74) is 0.489. The molecule has 4 rings (SSSR count). The second-order valence-electron chi connectivity index (χ2n) is 8.64. The van der Waals surface area contributed by atoms with Gasteiger partial charge in [0.1, 0.15) is 22.9 Å². The van der Waals surface area contributed by atoms with Crippen molar-refractivity contribution in [2.75, 3.05) is 27.3 Å². The molecule has 1 heterocycles. The fourth-order valence-corrected chi connectivity index (χ4v) is 5.91. The summed E-state index contributed by atoms with van der Waals surface area (Å²) in [5, 5.41) is 2.77. The summed E-state index contributed by atoms with van der Waals surface area (Å²) in [6.45, 7) is 0.373. The lowest BCUT2D eigenvalue weighted by atomic mass is 9.85. The topological polar surface area (TPSA) is 94.2 Å². The number of carbonyl (C=O) groups is 1. The second kappa shape index (κ2) is 11.2. The first-order valence-electron chi connectivity index (χ1n) is 11.8. The van der Waals surface area contributed by atoms with Gasteiger partial charge in [0, 0.05) is 44.1 Å². The fourth-order valence-electron chi connectivity index (χ4n) is 4.43. The van der Waals surface area contributed by atoms with Gasteiger partial charge in [0.05, 0.1) is 19.1 Å². The molecule has 1 saturated heterocycles. The van der Waals surface area contributed by atoms with E-state index in [1.54, 1.807) is 25.3 Å². The van der Waals surface area contributed by atoms with Crippen LogP contribution in [0.4, 0.5) is 9.18 Å². The lowest BCUT2D eigenvalue weighted by molar-refractivity contribution is -0.0279. The molecule has 0 atom stereocenters. The molecule has 0 spiro atoms. The van der Waals surface area contributed by atoms with Crippen molar-refractivity contribution in [2.24, 2.45) is 0 Å². The summed E-state index contributed by atoms with van der Waals surface area (Å²) in [7, 11) is -0.800. The fraction of sp³-hybridized carbons (Fsp3) is 0.296. The van der Waals surface area contributed by atoms with E-state index in [0.29, 0.717) is 11.5 Å². The van der Waals surface area contributed by atoms with Gasteiger partial charge in [0.25, 0.3) is 0 Å². The number of nitrogens with one attached hydrogen (secondary N) is 1. The van der Waals surface area contributed by atoms with Crippen LogP contribution in [0, 0.1) is 5.82 Å². The predicted molar refractivity (Wildman–Crippen MR) is 135 cm³/mol. The van der Waals surface area contributed by atoms with Crippen LogP contribution < -0.4 is 14.8 Å². The van der Waals surface area contributed by atoms with Gasteiger partial charge in [-0.3, -0.25) is 0 Å². The number of hydrogen-bond donors (Lipinski definition) is 1. The average Bonchev–Trinajstić information content (AvgIpc) is 2.92. The number of alkyl carbamates (subject to hydrolysis) is 1. The number of halogens is 1. The Morgan fingerprint density at radius 3 is 2.35 bits per heavy atom.